The number of rotatable bonds is 1. The van der Waals surface area contributed by atoms with Crippen LogP contribution in [-0.4, -0.2) is 40.5 Å². The Morgan fingerprint density at radius 3 is 2.41 bits per heavy atom. The van der Waals surface area contributed by atoms with Crippen molar-refractivity contribution >= 4 is 5.91 Å². The zero-order valence-corrected chi connectivity index (χ0v) is 17.1. The molecule has 164 valence electrons. The van der Waals surface area contributed by atoms with Crippen molar-refractivity contribution in [1.82, 2.24) is 5.32 Å². The van der Waals surface area contributed by atoms with Gasteiger partial charge in [0.1, 0.15) is 0 Å². The second-order valence-corrected chi connectivity index (χ2v) is 10.4. The molecule has 1 amide bonds. The van der Waals surface area contributed by atoms with E-state index in [4.69, 9.17) is 0 Å². The summed E-state index contributed by atoms with van der Waals surface area (Å²) in [5.41, 5.74) is 1.00. The van der Waals surface area contributed by atoms with Crippen LogP contribution in [0.5, 0.6) is 0 Å². The van der Waals surface area contributed by atoms with E-state index in [1.165, 1.54) is 5.57 Å². The highest BCUT2D eigenvalue weighted by atomic mass is 19.4. The quantitative estimate of drug-likeness (QED) is 0.574. The molecular formula is C22H32F3NO3. The van der Waals surface area contributed by atoms with Gasteiger partial charge in [0.25, 0.3) is 0 Å². The maximum absolute atomic E-state index is 12.7. The van der Waals surface area contributed by atoms with Crippen LogP contribution < -0.4 is 5.32 Å². The van der Waals surface area contributed by atoms with Gasteiger partial charge in [-0.3, -0.25) is 4.79 Å². The number of alkyl halides is 3. The van der Waals surface area contributed by atoms with E-state index in [1.54, 1.807) is 0 Å². The lowest BCUT2D eigenvalue weighted by molar-refractivity contribution is -0.212. The first-order chi connectivity index (χ1) is 13.4. The average Bonchev–Trinajstić information content (AvgIpc) is 2.94. The number of halogens is 3. The Hall–Kier alpha value is -1.08. The van der Waals surface area contributed by atoms with Crippen LogP contribution in [0.2, 0.25) is 0 Å². The first-order valence-electron chi connectivity index (χ1n) is 10.8. The van der Waals surface area contributed by atoms with Crippen molar-refractivity contribution in [2.75, 3.05) is 0 Å². The van der Waals surface area contributed by atoms with E-state index in [9.17, 15) is 28.2 Å². The van der Waals surface area contributed by atoms with Gasteiger partial charge >= 0.3 is 12.1 Å². The van der Waals surface area contributed by atoms with E-state index in [-0.39, 0.29) is 35.0 Å². The highest BCUT2D eigenvalue weighted by Crippen LogP contribution is 2.67. The van der Waals surface area contributed by atoms with Gasteiger partial charge in [-0.1, -0.05) is 26.0 Å². The Bertz CT molecular complexity index is 710. The summed E-state index contributed by atoms with van der Waals surface area (Å²) in [6.45, 7) is 8.65. The first kappa shape index (κ1) is 21.2. The highest BCUT2D eigenvalue weighted by Gasteiger charge is 2.64. The van der Waals surface area contributed by atoms with Crippen LogP contribution >= 0.6 is 0 Å². The summed E-state index contributed by atoms with van der Waals surface area (Å²) in [7, 11) is 0. The molecule has 0 aromatic carbocycles. The van der Waals surface area contributed by atoms with Crippen LogP contribution in [0.25, 0.3) is 0 Å². The molecular weight excluding hydrogens is 383 g/mol. The van der Waals surface area contributed by atoms with Gasteiger partial charge in [-0.15, -0.1) is 0 Å². The minimum atomic E-state index is -4.91. The van der Waals surface area contributed by atoms with Crippen LogP contribution in [0.1, 0.15) is 58.8 Å². The molecule has 0 aromatic rings. The summed E-state index contributed by atoms with van der Waals surface area (Å²) >= 11 is 0. The number of aliphatic hydroxyl groups excluding tert-OH is 2. The van der Waals surface area contributed by atoms with Crippen molar-refractivity contribution in [1.29, 1.82) is 0 Å². The fourth-order valence-corrected chi connectivity index (χ4v) is 7.57. The predicted molar refractivity (Wildman–Crippen MR) is 102 cm³/mol. The van der Waals surface area contributed by atoms with Gasteiger partial charge in [-0.2, -0.15) is 13.2 Å². The number of nitrogens with one attached hydrogen (secondary N) is 1. The number of hydrogen-bond acceptors (Lipinski definition) is 3. The minimum Gasteiger partial charge on any atom is -0.390 e. The molecule has 0 bridgehead atoms. The molecule has 4 saturated carbocycles. The molecule has 4 fully saturated rings. The van der Waals surface area contributed by atoms with Crippen LogP contribution in [0.3, 0.4) is 0 Å². The van der Waals surface area contributed by atoms with E-state index < -0.39 is 30.3 Å². The summed E-state index contributed by atoms with van der Waals surface area (Å²) in [6, 6.07) is -0.624. The molecule has 29 heavy (non-hydrogen) atoms. The molecule has 0 radical (unpaired) electrons. The van der Waals surface area contributed by atoms with Crippen molar-refractivity contribution in [3.05, 3.63) is 12.2 Å². The van der Waals surface area contributed by atoms with Gasteiger partial charge in [-0.25, -0.2) is 0 Å². The number of aliphatic hydroxyl groups is 2. The van der Waals surface area contributed by atoms with Crippen molar-refractivity contribution in [3.63, 3.8) is 0 Å². The Morgan fingerprint density at radius 1 is 1.07 bits per heavy atom. The fraction of sp³-hybridized carbons (Fsp3) is 0.864. The molecule has 0 aliphatic heterocycles. The zero-order valence-electron chi connectivity index (χ0n) is 17.1. The second-order valence-electron chi connectivity index (χ2n) is 10.4. The van der Waals surface area contributed by atoms with Crippen molar-refractivity contribution in [3.8, 4) is 0 Å². The predicted octanol–water partition coefficient (Wildman–Crippen LogP) is 3.57. The molecule has 3 N–H and O–H groups in total. The molecule has 9 atom stereocenters. The summed E-state index contributed by atoms with van der Waals surface area (Å²) in [5, 5.41) is 24.3. The SMILES string of the molecule is C=C1CCC2C3C(O)C(O)C4CC(NC(=O)C(F)(F)F)CCC4(C)C3CCC12C. The Labute approximate surface area is 169 Å². The van der Waals surface area contributed by atoms with Crippen molar-refractivity contribution in [2.45, 2.75) is 83.2 Å². The zero-order chi connectivity index (χ0) is 21.4. The van der Waals surface area contributed by atoms with Gasteiger partial charge in [-0.05, 0) is 79.4 Å². The van der Waals surface area contributed by atoms with E-state index in [2.05, 4.69) is 25.7 Å². The Kier molecular flexibility index (Phi) is 4.90. The van der Waals surface area contributed by atoms with Crippen LogP contribution in [0.15, 0.2) is 12.2 Å². The fourth-order valence-electron chi connectivity index (χ4n) is 7.57. The van der Waals surface area contributed by atoms with Crippen LogP contribution in [0.4, 0.5) is 13.2 Å². The molecule has 0 aromatic heterocycles. The van der Waals surface area contributed by atoms with Crippen LogP contribution in [-0.2, 0) is 4.79 Å². The number of carbonyl (C=O) groups excluding carboxylic acids is 1. The van der Waals surface area contributed by atoms with Gasteiger partial charge in [0, 0.05) is 6.04 Å². The second kappa shape index (κ2) is 6.71. The largest absolute Gasteiger partial charge is 0.471 e. The van der Waals surface area contributed by atoms with E-state index in [0.29, 0.717) is 18.8 Å². The first-order valence-corrected chi connectivity index (χ1v) is 10.8. The third-order valence-corrected chi connectivity index (χ3v) is 9.30. The molecule has 7 heteroatoms. The number of hydrogen-bond donors (Lipinski definition) is 3. The molecule has 4 aliphatic carbocycles. The average molecular weight is 415 g/mol. The summed E-state index contributed by atoms with van der Waals surface area (Å²) in [4.78, 5) is 11.4. The summed E-state index contributed by atoms with van der Waals surface area (Å²) in [5.74, 6) is -1.73. The Morgan fingerprint density at radius 2 is 1.76 bits per heavy atom. The lowest BCUT2D eigenvalue weighted by Crippen LogP contribution is -2.64. The monoisotopic (exact) mass is 415 g/mol. The minimum absolute atomic E-state index is 0.00293. The van der Waals surface area contributed by atoms with Gasteiger partial charge in [0.15, 0.2) is 0 Å². The molecule has 4 aliphatic rings. The third kappa shape index (κ3) is 3.06. The van der Waals surface area contributed by atoms with Crippen molar-refractivity contribution in [2.24, 2.45) is 34.5 Å². The lowest BCUT2D eigenvalue weighted by Gasteiger charge is -2.63. The van der Waals surface area contributed by atoms with Gasteiger partial charge < -0.3 is 15.5 Å². The van der Waals surface area contributed by atoms with Gasteiger partial charge in [0.2, 0.25) is 0 Å². The maximum atomic E-state index is 12.7. The highest BCUT2D eigenvalue weighted by molar-refractivity contribution is 5.81. The number of allylic oxidation sites excluding steroid dienone is 1. The molecule has 4 nitrogen and oxygen atoms in total. The van der Waals surface area contributed by atoms with E-state index >= 15 is 0 Å². The van der Waals surface area contributed by atoms with E-state index in [0.717, 1.165) is 25.7 Å². The topological polar surface area (TPSA) is 69.6 Å². The Balaban J connectivity index is 1.58. The maximum Gasteiger partial charge on any atom is 0.471 e. The molecule has 4 rings (SSSR count). The molecule has 9 unspecified atom stereocenters. The number of fused-ring (bicyclic) bond motifs is 5. The smallest absolute Gasteiger partial charge is 0.390 e. The third-order valence-electron chi connectivity index (χ3n) is 9.30. The molecule has 0 saturated heterocycles. The summed E-state index contributed by atoms with van der Waals surface area (Å²) < 4.78 is 38.0. The number of carbonyl (C=O) groups is 1. The van der Waals surface area contributed by atoms with E-state index in [1.807, 2.05) is 0 Å². The molecule has 0 heterocycles. The van der Waals surface area contributed by atoms with Crippen LogP contribution in [0, 0.1) is 34.5 Å². The lowest BCUT2D eigenvalue weighted by atomic mass is 9.43. The van der Waals surface area contributed by atoms with Gasteiger partial charge in [0.05, 0.1) is 12.2 Å². The van der Waals surface area contributed by atoms with Crippen molar-refractivity contribution < 1.29 is 28.2 Å². The summed E-state index contributed by atoms with van der Waals surface area (Å²) in [6.07, 6.45) is -1.50. The normalized spacial score (nSPS) is 49.8. The number of amides is 1. The standard InChI is InChI=1S/C22H32F3NO3/c1-11-4-5-13-16-14(7-9-20(11,13)2)21(3)8-6-12(26-19(29)22(23,24)25)10-15(21)17(27)18(16)28/h12-18,27-28H,1,4-10H2,2-3H3,(H,26,29). The molecule has 0 spiro atoms.